The number of fused-ring (bicyclic) bond motifs is 1. The van der Waals surface area contributed by atoms with E-state index in [0.29, 0.717) is 6.42 Å². The molecule has 0 radical (unpaired) electrons. The van der Waals surface area contributed by atoms with Crippen LogP contribution in [0.5, 0.6) is 0 Å². The maximum Gasteiger partial charge on any atom is 0.163 e. The summed E-state index contributed by atoms with van der Waals surface area (Å²) in [5, 5.41) is 7.21. The molecule has 2 atom stereocenters. The van der Waals surface area contributed by atoms with Crippen molar-refractivity contribution < 1.29 is 4.79 Å². The zero-order chi connectivity index (χ0) is 18.9. The molecule has 1 heterocycles. The average Bonchev–Trinajstić information content (AvgIpc) is 2.92. The van der Waals surface area contributed by atoms with Crippen LogP contribution >= 0.6 is 0 Å². The molecule has 28 heavy (non-hydrogen) atoms. The van der Waals surface area contributed by atoms with Crippen molar-refractivity contribution in [2.75, 3.05) is 10.6 Å². The Morgan fingerprint density at radius 1 is 0.679 bits per heavy atom. The highest BCUT2D eigenvalue weighted by Crippen LogP contribution is 2.44. The fourth-order valence-electron chi connectivity index (χ4n) is 4.35. The van der Waals surface area contributed by atoms with Gasteiger partial charge >= 0.3 is 0 Å². The van der Waals surface area contributed by atoms with Crippen LogP contribution in [0.4, 0.5) is 11.4 Å². The van der Waals surface area contributed by atoms with Gasteiger partial charge in [0.1, 0.15) is 0 Å². The van der Waals surface area contributed by atoms with E-state index in [9.17, 15) is 4.79 Å². The van der Waals surface area contributed by atoms with Gasteiger partial charge in [-0.3, -0.25) is 4.79 Å². The Kier molecular flexibility index (Phi) is 4.21. The third kappa shape index (κ3) is 2.99. The first-order chi connectivity index (χ1) is 13.8. The second-order valence-corrected chi connectivity index (χ2v) is 7.49. The number of carbonyl (C=O) groups excluding carboxylic acids is 1. The van der Waals surface area contributed by atoms with Crippen molar-refractivity contribution >= 4 is 17.2 Å². The minimum Gasteiger partial charge on any atom is -0.372 e. The monoisotopic (exact) mass is 366 g/mol. The molecule has 0 saturated heterocycles. The Labute approximate surface area is 165 Å². The number of Topliss-reactive ketones (excluding diaryl/α,β-unsaturated/α-hetero) is 1. The number of anilines is 2. The topological polar surface area (TPSA) is 41.1 Å². The quantitative estimate of drug-likeness (QED) is 0.614. The number of carbonyl (C=O) groups is 1. The molecule has 0 saturated carbocycles. The zero-order valence-corrected chi connectivity index (χ0v) is 15.6. The van der Waals surface area contributed by atoms with Crippen molar-refractivity contribution in [1.82, 2.24) is 0 Å². The third-order valence-electron chi connectivity index (χ3n) is 5.71. The number of para-hydroxylation sites is 2. The Bertz CT molecular complexity index is 1040. The van der Waals surface area contributed by atoms with Gasteiger partial charge in [0.2, 0.25) is 0 Å². The summed E-state index contributed by atoms with van der Waals surface area (Å²) in [4.78, 5) is 13.4. The summed E-state index contributed by atoms with van der Waals surface area (Å²) < 4.78 is 0. The van der Waals surface area contributed by atoms with Gasteiger partial charge in [-0.2, -0.15) is 0 Å². The summed E-state index contributed by atoms with van der Waals surface area (Å²) in [6.45, 7) is 0. The molecular weight excluding hydrogens is 344 g/mol. The maximum absolute atomic E-state index is 13.4. The Hall–Kier alpha value is -3.33. The van der Waals surface area contributed by atoms with Crippen LogP contribution in [-0.2, 0) is 4.79 Å². The van der Waals surface area contributed by atoms with Crippen molar-refractivity contribution in [3.8, 4) is 0 Å². The molecule has 0 spiro atoms. The minimum atomic E-state index is -0.142. The van der Waals surface area contributed by atoms with Gasteiger partial charge in [-0.15, -0.1) is 0 Å². The van der Waals surface area contributed by atoms with Crippen LogP contribution in [0.2, 0.25) is 0 Å². The summed E-state index contributed by atoms with van der Waals surface area (Å²) in [7, 11) is 0. The summed E-state index contributed by atoms with van der Waals surface area (Å²) in [6.07, 6.45) is 1.39. The first kappa shape index (κ1) is 16.8. The fourth-order valence-corrected chi connectivity index (χ4v) is 4.35. The molecule has 0 bridgehead atoms. The normalized spacial score (nSPS) is 21.1. The van der Waals surface area contributed by atoms with Crippen LogP contribution in [0.3, 0.4) is 0 Å². The maximum atomic E-state index is 13.4. The molecule has 1 aliphatic heterocycles. The van der Waals surface area contributed by atoms with E-state index in [0.717, 1.165) is 34.6 Å². The van der Waals surface area contributed by atoms with Crippen molar-refractivity contribution in [1.29, 1.82) is 0 Å². The molecule has 5 rings (SSSR count). The number of hydrogen-bond donors (Lipinski definition) is 2. The number of ketones is 1. The molecule has 1 aliphatic carbocycles. The lowest BCUT2D eigenvalue weighted by molar-refractivity contribution is -0.116. The van der Waals surface area contributed by atoms with Crippen molar-refractivity contribution in [3.63, 3.8) is 0 Å². The van der Waals surface area contributed by atoms with Crippen molar-refractivity contribution in [3.05, 3.63) is 107 Å². The van der Waals surface area contributed by atoms with Gasteiger partial charge in [0, 0.05) is 17.7 Å². The molecule has 3 nitrogen and oxygen atoms in total. The van der Waals surface area contributed by atoms with Crippen LogP contribution in [0, 0.1) is 0 Å². The van der Waals surface area contributed by atoms with Gasteiger partial charge in [-0.1, -0.05) is 72.8 Å². The lowest BCUT2D eigenvalue weighted by atomic mass is 9.78. The highest BCUT2D eigenvalue weighted by Gasteiger charge is 2.35. The first-order valence-corrected chi connectivity index (χ1v) is 9.78. The Balaban J connectivity index is 1.62. The van der Waals surface area contributed by atoms with E-state index < -0.39 is 0 Å². The SMILES string of the molecule is O=C1C[C@@H](c2ccccc2)CC2=C1[C@@H](c1ccccc1)Nc1ccccc1N2. The predicted molar refractivity (Wildman–Crippen MR) is 113 cm³/mol. The van der Waals surface area contributed by atoms with E-state index in [2.05, 4.69) is 47.0 Å². The summed E-state index contributed by atoms with van der Waals surface area (Å²) in [6, 6.07) is 28.7. The van der Waals surface area contributed by atoms with Gasteiger partial charge in [0.25, 0.3) is 0 Å². The molecule has 3 heteroatoms. The second kappa shape index (κ2) is 7.01. The number of rotatable bonds is 2. The first-order valence-electron chi connectivity index (χ1n) is 9.78. The molecule has 0 amide bonds. The Morgan fingerprint density at radius 2 is 1.29 bits per heavy atom. The standard InChI is InChI=1S/C25H22N2O/c28-23-16-19(17-9-3-1-4-10-17)15-22-24(23)25(18-11-5-2-6-12-18)27-21-14-8-7-13-20(21)26-22/h1-14,19,25-27H,15-16H2/t19-,25+/m0/s1. The molecule has 3 aromatic carbocycles. The van der Waals surface area contributed by atoms with Gasteiger partial charge < -0.3 is 10.6 Å². The minimum absolute atomic E-state index is 0.142. The zero-order valence-electron chi connectivity index (χ0n) is 15.6. The van der Waals surface area contributed by atoms with Gasteiger partial charge in [0.05, 0.1) is 17.4 Å². The molecule has 0 fully saturated rings. The molecule has 2 N–H and O–H groups in total. The lowest BCUT2D eigenvalue weighted by Gasteiger charge is -2.30. The Morgan fingerprint density at radius 3 is 2.00 bits per heavy atom. The largest absolute Gasteiger partial charge is 0.372 e. The third-order valence-corrected chi connectivity index (χ3v) is 5.71. The molecule has 0 aromatic heterocycles. The van der Waals surface area contributed by atoms with E-state index in [1.54, 1.807) is 0 Å². The predicted octanol–water partition coefficient (Wildman–Crippen LogP) is 5.67. The van der Waals surface area contributed by atoms with Crippen molar-refractivity contribution in [2.24, 2.45) is 0 Å². The van der Waals surface area contributed by atoms with Gasteiger partial charge in [-0.25, -0.2) is 0 Å². The number of benzene rings is 3. The van der Waals surface area contributed by atoms with Crippen LogP contribution < -0.4 is 10.6 Å². The van der Waals surface area contributed by atoms with E-state index >= 15 is 0 Å². The second-order valence-electron chi connectivity index (χ2n) is 7.49. The molecule has 0 unspecified atom stereocenters. The van der Waals surface area contributed by atoms with E-state index in [4.69, 9.17) is 0 Å². The summed E-state index contributed by atoms with van der Waals surface area (Å²) >= 11 is 0. The van der Waals surface area contributed by atoms with Crippen LogP contribution in [0.1, 0.15) is 35.9 Å². The number of hydrogen-bond acceptors (Lipinski definition) is 3. The lowest BCUT2D eigenvalue weighted by Crippen LogP contribution is -2.26. The summed E-state index contributed by atoms with van der Waals surface area (Å²) in [5.41, 5.74) is 6.29. The van der Waals surface area contributed by atoms with E-state index in [1.807, 2.05) is 48.5 Å². The van der Waals surface area contributed by atoms with Gasteiger partial charge in [-0.05, 0) is 35.6 Å². The summed E-state index contributed by atoms with van der Waals surface area (Å²) in [5.74, 6) is 0.429. The molecule has 2 aliphatic rings. The van der Waals surface area contributed by atoms with Crippen LogP contribution in [0.25, 0.3) is 0 Å². The fraction of sp³-hybridized carbons (Fsp3) is 0.160. The van der Waals surface area contributed by atoms with Crippen LogP contribution in [0.15, 0.2) is 96.2 Å². The van der Waals surface area contributed by atoms with Gasteiger partial charge in [0.15, 0.2) is 5.78 Å². The van der Waals surface area contributed by atoms with Crippen LogP contribution in [-0.4, -0.2) is 5.78 Å². The highest BCUT2D eigenvalue weighted by molar-refractivity contribution is 6.01. The molecule has 3 aromatic rings. The van der Waals surface area contributed by atoms with E-state index in [1.165, 1.54) is 5.56 Å². The molecular formula is C25H22N2O. The molecule has 138 valence electrons. The van der Waals surface area contributed by atoms with E-state index in [-0.39, 0.29) is 17.7 Å². The number of allylic oxidation sites excluding steroid dienone is 1. The highest BCUT2D eigenvalue weighted by atomic mass is 16.1. The average molecular weight is 366 g/mol. The number of nitrogens with one attached hydrogen (secondary N) is 2. The van der Waals surface area contributed by atoms with Crippen molar-refractivity contribution in [2.45, 2.75) is 24.8 Å². The smallest absolute Gasteiger partial charge is 0.163 e.